The summed E-state index contributed by atoms with van der Waals surface area (Å²) in [6.07, 6.45) is 1.59. The van der Waals surface area contributed by atoms with E-state index in [-0.39, 0.29) is 5.91 Å². The molecule has 2 aromatic carbocycles. The molecule has 1 N–H and O–H groups in total. The van der Waals surface area contributed by atoms with Crippen molar-refractivity contribution >= 4 is 23.5 Å². The lowest BCUT2D eigenvalue weighted by Gasteiger charge is -2.11. The number of hydrogen-bond donors (Lipinski definition) is 1. The molecule has 3 aromatic rings. The van der Waals surface area contributed by atoms with Crippen molar-refractivity contribution in [2.24, 2.45) is 5.10 Å². The van der Waals surface area contributed by atoms with Gasteiger partial charge in [-0.3, -0.25) is 4.79 Å². The number of ether oxygens (including phenoxy) is 3. The van der Waals surface area contributed by atoms with Crippen LogP contribution in [0.1, 0.15) is 26.4 Å². The minimum absolute atomic E-state index is 0.217. The molecule has 0 aliphatic rings. The van der Waals surface area contributed by atoms with Crippen LogP contribution in [0.3, 0.4) is 0 Å². The van der Waals surface area contributed by atoms with Gasteiger partial charge in [-0.25, -0.2) is 5.43 Å². The number of aryl methyl sites for hydroxylation is 1. The first-order valence-corrected chi connectivity index (χ1v) is 9.80. The highest BCUT2D eigenvalue weighted by Gasteiger charge is 2.09. The van der Waals surface area contributed by atoms with Gasteiger partial charge in [0.05, 0.1) is 25.3 Å². The smallest absolute Gasteiger partial charge is 0.281 e. The molecule has 0 aliphatic heterocycles. The molecule has 0 radical (unpaired) electrons. The van der Waals surface area contributed by atoms with Crippen molar-refractivity contribution in [3.05, 3.63) is 75.5 Å². The summed E-state index contributed by atoms with van der Waals surface area (Å²) in [4.78, 5) is 12.8. The van der Waals surface area contributed by atoms with E-state index in [1.54, 1.807) is 20.4 Å². The van der Waals surface area contributed by atoms with Crippen LogP contribution in [0.4, 0.5) is 0 Å². The van der Waals surface area contributed by atoms with Gasteiger partial charge in [-0.2, -0.15) is 5.10 Å². The van der Waals surface area contributed by atoms with Gasteiger partial charge in [0.15, 0.2) is 0 Å². The molecule has 0 fully saturated rings. The van der Waals surface area contributed by atoms with E-state index in [1.165, 1.54) is 11.3 Å². The van der Waals surface area contributed by atoms with Gasteiger partial charge in [0, 0.05) is 5.56 Å². The van der Waals surface area contributed by atoms with Crippen LogP contribution in [0.2, 0.25) is 0 Å². The molecule has 7 heteroatoms. The highest BCUT2D eigenvalue weighted by Crippen LogP contribution is 2.23. The predicted octanol–water partition coefficient (Wildman–Crippen LogP) is 4.42. The molecular formula is C22H22N2O4S. The van der Waals surface area contributed by atoms with Crippen LogP contribution < -0.4 is 19.6 Å². The van der Waals surface area contributed by atoms with Crippen LogP contribution in [0.15, 0.2) is 59.0 Å². The largest absolute Gasteiger partial charge is 0.497 e. The molecule has 0 atom stereocenters. The zero-order valence-electron chi connectivity index (χ0n) is 16.5. The van der Waals surface area contributed by atoms with Crippen molar-refractivity contribution in [2.75, 3.05) is 14.2 Å². The Bertz CT molecular complexity index is 996. The highest BCUT2D eigenvalue weighted by atomic mass is 32.1. The minimum Gasteiger partial charge on any atom is -0.497 e. The summed E-state index contributed by atoms with van der Waals surface area (Å²) in [5, 5.41) is 5.94. The Kier molecular flexibility index (Phi) is 6.86. The van der Waals surface area contributed by atoms with Gasteiger partial charge in [0.25, 0.3) is 5.91 Å². The zero-order chi connectivity index (χ0) is 20.6. The molecule has 0 aliphatic carbocycles. The lowest BCUT2D eigenvalue weighted by Crippen LogP contribution is -2.17. The van der Waals surface area contributed by atoms with Gasteiger partial charge in [-0.1, -0.05) is 0 Å². The van der Waals surface area contributed by atoms with E-state index in [0.29, 0.717) is 17.2 Å². The number of methoxy groups -OCH3 is 2. The molecule has 1 amide bonds. The Balaban J connectivity index is 1.65. The van der Waals surface area contributed by atoms with Crippen molar-refractivity contribution in [2.45, 2.75) is 13.5 Å². The molecule has 1 aromatic heterocycles. The van der Waals surface area contributed by atoms with Crippen molar-refractivity contribution < 1.29 is 19.0 Å². The number of nitrogens with zero attached hydrogens (tertiary/aromatic N) is 1. The number of carbonyl (C=O) groups excluding carboxylic acids is 1. The summed E-state index contributed by atoms with van der Waals surface area (Å²) in [7, 11) is 3.24. The van der Waals surface area contributed by atoms with Crippen molar-refractivity contribution in [1.82, 2.24) is 5.43 Å². The Hall–Kier alpha value is -3.32. The maximum absolute atomic E-state index is 12.1. The van der Waals surface area contributed by atoms with E-state index in [2.05, 4.69) is 10.5 Å². The summed E-state index contributed by atoms with van der Waals surface area (Å²) in [5.74, 6) is 2.00. The maximum Gasteiger partial charge on any atom is 0.281 e. The van der Waals surface area contributed by atoms with Gasteiger partial charge in [-0.15, -0.1) is 11.3 Å². The second-order valence-electron chi connectivity index (χ2n) is 6.17. The quantitative estimate of drug-likeness (QED) is 0.441. The number of thiophene rings is 1. The van der Waals surface area contributed by atoms with Crippen LogP contribution >= 0.6 is 11.3 Å². The fraction of sp³-hybridized carbons (Fsp3) is 0.182. The zero-order valence-corrected chi connectivity index (χ0v) is 17.3. The Labute approximate surface area is 173 Å². The third-order valence-electron chi connectivity index (χ3n) is 4.21. The Morgan fingerprint density at radius 3 is 2.48 bits per heavy atom. The third kappa shape index (κ3) is 5.36. The van der Waals surface area contributed by atoms with Gasteiger partial charge in [0.2, 0.25) is 0 Å². The van der Waals surface area contributed by atoms with E-state index in [0.717, 1.165) is 28.2 Å². The van der Waals surface area contributed by atoms with Gasteiger partial charge < -0.3 is 14.2 Å². The van der Waals surface area contributed by atoms with E-state index in [9.17, 15) is 4.79 Å². The van der Waals surface area contributed by atoms with E-state index >= 15 is 0 Å². The van der Waals surface area contributed by atoms with Crippen molar-refractivity contribution in [3.8, 4) is 17.2 Å². The summed E-state index contributed by atoms with van der Waals surface area (Å²) in [6, 6.07) is 14.9. The first-order valence-electron chi connectivity index (χ1n) is 8.92. The van der Waals surface area contributed by atoms with E-state index in [1.807, 2.05) is 60.8 Å². The van der Waals surface area contributed by atoms with Crippen LogP contribution in [-0.4, -0.2) is 26.3 Å². The number of carbonyl (C=O) groups is 1. The standard InChI is InChI=1S/C22H22N2O4S/c1-15-10-11-29-21(15)22(25)24-23-13-16-4-9-20(27-3)17(12-16)14-28-19-7-5-18(26-2)6-8-19/h4-13H,14H2,1-3H3,(H,24,25)/b23-13-. The SMILES string of the molecule is COc1ccc(OCc2cc(/C=N\NC(=O)c3sccc3C)ccc2OC)cc1. The predicted molar refractivity (Wildman–Crippen MR) is 114 cm³/mol. The van der Waals surface area contributed by atoms with Gasteiger partial charge >= 0.3 is 0 Å². The minimum atomic E-state index is -0.217. The monoisotopic (exact) mass is 410 g/mol. The van der Waals surface area contributed by atoms with Gasteiger partial charge in [-0.05, 0) is 72.0 Å². The molecule has 3 rings (SSSR count). The van der Waals surface area contributed by atoms with Gasteiger partial charge in [0.1, 0.15) is 23.9 Å². The molecule has 29 heavy (non-hydrogen) atoms. The van der Waals surface area contributed by atoms with Crippen LogP contribution in [0.5, 0.6) is 17.2 Å². The highest BCUT2D eigenvalue weighted by molar-refractivity contribution is 7.12. The summed E-state index contributed by atoms with van der Waals surface area (Å²) in [5.41, 5.74) is 5.18. The van der Waals surface area contributed by atoms with Crippen LogP contribution in [0.25, 0.3) is 0 Å². The molecule has 0 unspecified atom stereocenters. The van der Waals surface area contributed by atoms with Crippen LogP contribution in [-0.2, 0) is 6.61 Å². The van der Waals surface area contributed by atoms with Crippen molar-refractivity contribution in [1.29, 1.82) is 0 Å². The van der Waals surface area contributed by atoms with Crippen LogP contribution in [0, 0.1) is 6.92 Å². The first kappa shape index (κ1) is 20.4. The second-order valence-corrected chi connectivity index (χ2v) is 7.08. The molecule has 150 valence electrons. The fourth-order valence-corrected chi connectivity index (χ4v) is 3.46. The van der Waals surface area contributed by atoms with E-state index in [4.69, 9.17) is 14.2 Å². The molecule has 0 spiro atoms. The average Bonchev–Trinajstić information content (AvgIpc) is 3.18. The summed E-state index contributed by atoms with van der Waals surface area (Å²) < 4.78 is 16.4. The normalized spacial score (nSPS) is 10.7. The second kappa shape index (κ2) is 9.75. The molecule has 0 bridgehead atoms. The maximum atomic E-state index is 12.1. The molecule has 1 heterocycles. The number of amides is 1. The number of hydrogen-bond acceptors (Lipinski definition) is 6. The number of nitrogens with one attached hydrogen (secondary N) is 1. The first-order chi connectivity index (χ1) is 14.1. The average molecular weight is 410 g/mol. The number of hydrazone groups is 1. The number of benzene rings is 2. The molecular weight excluding hydrogens is 388 g/mol. The lowest BCUT2D eigenvalue weighted by molar-refractivity contribution is 0.0958. The Morgan fingerprint density at radius 2 is 1.83 bits per heavy atom. The molecule has 6 nitrogen and oxygen atoms in total. The Morgan fingerprint density at radius 1 is 1.07 bits per heavy atom. The molecule has 0 saturated heterocycles. The molecule has 0 saturated carbocycles. The number of rotatable bonds is 8. The topological polar surface area (TPSA) is 69.2 Å². The van der Waals surface area contributed by atoms with E-state index < -0.39 is 0 Å². The van der Waals surface area contributed by atoms with Crippen molar-refractivity contribution in [3.63, 3.8) is 0 Å². The third-order valence-corrected chi connectivity index (χ3v) is 5.22. The summed E-state index contributed by atoms with van der Waals surface area (Å²) in [6.45, 7) is 2.23. The summed E-state index contributed by atoms with van der Waals surface area (Å²) >= 11 is 1.39. The fourth-order valence-electron chi connectivity index (χ4n) is 2.65. The lowest BCUT2D eigenvalue weighted by atomic mass is 10.1.